The van der Waals surface area contributed by atoms with Crippen LogP contribution in [0.15, 0.2) is 48.6 Å². The number of hydrogen-bond acceptors (Lipinski definition) is 1. The third-order valence-corrected chi connectivity index (χ3v) is 5.53. The molecule has 0 spiro atoms. The number of rotatable bonds is 1. The van der Waals surface area contributed by atoms with Gasteiger partial charge in [-0.25, -0.2) is 0 Å². The van der Waals surface area contributed by atoms with Crippen LogP contribution >= 0.6 is 23.2 Å². The largest absolute Gasteiger partial charge is 0.416 e. The quantitative estimate of drug-likeness (QED) is 0.531. The summed E-state index contributed by atoms with van der Waals surface area (Å²) in [6.07, 6.45) is 0.108. The molecule has 0 amide bonds. The van der Waals surface area contributed by atoms with Crippen molar-refractivity contribution in [2.24, 2.45) is 5.92 Å². The van der Waals surface area contributed by atoms with Gasteiger partial charge in [-0.1, -0.05) is 47.5 Å². The lowest BCUT2D eigenvalue weighted by atomic mass is 9.75. The van der Waals surface area contributed by atoms with Gasteiger partial charge in [0.2, 0.25) is 0 Å². The highest BCUT2D eigenvalue weighted by molar-refractivity contribution is 6.33. The van der Waals surface area contributed by atoms with Gasteiger partial charge in [-0.05, 0) is 47.7 Å². The molecule has 2 aromatic carbocycles. The van der Waals surface area contributed by atoms with E-state index >= 15 is 0 Å². The molecule has 1 N–H and O–H groups in total. The summed E-state index contributed by atoms with van der Waals surface area (Å²) < 4.78 is 40.6. The van der Waals surface area contributed by atoms with E-state index in [1.54, 1.807) is 6.07 Å². The molecule has 4 rings (SSSR count). The van der Waals surface area contributed by atoms with Crippen molar-refractivity contribution in [2.45, 2.75) is 24.6 Å². The van der Waals surface area contributed by atoms with E-state index in [0.29, 0.717) is 22.2 Å². The molecular weight excluding hydrogens is 370 g/mol. The van der Waals surface area contributed by atoms with Gasteiger partial charge in [0.25, 0.3) is 0 Å². The van der Waals surface area contributed by atoms with Crippen LogP contribution in [0.5, 0.6) is 0 Å². The maximum atomic E-state index is 13.5. The molecule has 1 heterocycles. The standard InChI is InChI=1S/C19H14Cl2F3N/c20-11-4-1-3-10(9-11)17-13-6-2-5-12(13)16-14(19(22,23)24)7-8-15(21)18(16)25-17/h1-5,7-9,12-13,17,25H,6H2/t12-,13-,17+/m1/s1. The number of anilines is 1. The Morgan fingerprint density at radius 2 is 1.88 bits per heavy atom. The van der Waals surface area contributed by atoms with Crippen LogP contribution in [0.25, 0.3) is 0 Å². The van der Waals surface area contributed by atoms with Gasteiger partial charge in [0.05, 0.1) is 22.3 Å². The monoisotopic (exact) mass is 383 g/mol. The lowest BCUT2D eigenvalue weighted by Crippen LogP contribution is -2.31. The van der Waals surface area contributed by atoms with Crippen LogP contribution in [0.1, 0.15) is 35.1 Å². The molecule has 6 heteroatoms. The second-order valence-corrected chi connectivity index (χ2v) is 7.26. The summed E-state index contributed by atoms with van der Waals surface area (Å²) in [5, 5.41) is 4.16. The maximum absolute atomic E-state index is 13.5. The Balaban J connectivity index is 1.88. The van der Waals surface area contributed by atoms with Gasteiger partial charge in [-0.2, -0.15) is 13.2 Å². The highest BCUT2D eigenvalue weighted by Gasteiger charge is 2.44. The molecule has 0 aromatic heterocycles. The second kappa shape index (κ2) is 5.96. The highest BCUT2D eigenvalue weighted by Crippen LogP contribution is 2.54. The van der Waals surface area contributed by atoms with Crippen molar-refractivity contribution in [3.05, 3.63) is 75.3 Å². The predicted molar refractivity (Wildman–Crippen MR) is 94.3 cm³/mol. The number of fused-ring (bicyclic) bond motifs is 3. The number of nitrogens with one attached hydrogen (secondary N) is 1. The minimum atomic E-state index is -4.42. The summed E-state index contributed by atoms with van der Waals surface area (Å²) in [7, 11) is 0. The molecule has 0 unspecified atom stereocenters. The van der Waals surface area contributed by atoms with Crippen LogP contribution < -0.4 is 5.32 Å². The van der Waals surface area contributed by atoms with E-state index in [1.165, 1.54) is 6.07 Å². The third kappa shape index (κ3) is 2.81. The minimum absolute atomic E-state index is 0.00877. The Bertz CT molecular complexity index is 860. The predicted octanol–water partition coefficient (Wildman–Crippen LogP) is 6.84. The Morgan fingerprint density at radius 1 is 1.08 bits per heavy atom. The molecule has 1 nitrogen and oxygen atoms in total. The fourth-order valence-electron chi connectivity index (χ4n) is 3.95. The van der Waals surface area contributed by atoms with Gasteiger partial charge in [0.15, 0.2) is 0 Å². The molecular formula is C19H14Cl2F3N. The first-order valence-corrected chi connectivity index (χ1v) is 8.70. The van der Waals surface area contributed by atoms with Crippen molar-refractivity contribution in [1.29, 1.82) is 0 Å². The molecule has 0 saturated heterocycles. The van der Waals surface area contributed by atoms with Crippen LogP contribution in [0.4, 0.5) is 18.9 Å². The summed E-state index contributed by atoms with van der Waals surface area (Å²) in [6.45, 7) is 0. The number of alkyl halides is 3. The molecule has 0 fully saturated rings. The van der Waals surface area contributed by atoms with E-state index < -0.39 is 11.7 Å². The molecule has 2 aromatic rings. The van der Waals surface area contributed by atoms with Crippen LogP contribution in [-0.2, 0) is 6.18 Å². The normalized spacial score (nSPS) is 24.6. The van der Waals surface area contributed by atoms with Crippen molar-refractivity contribution < 1.29 is 13.2 Å². The summed E-state index contributed by atoms with van der Waals surface area (Å²) in [5.74, 6) is -0.332. The van der Waals surface area contributed by atoms with Crippen LogP contribution in [0.3, 0.4) is 0 Å². The summed E-state index contributed by atoms with van der Waals surface area (Å²) in [6, 6.07) is 9.65. The fraction of sp³-hybridized carbons (Fsp3) is 0.263. The van der Waals surface area contributed by atoms with Crippen molar-refractivity contribution >= 4 is 28.9 Å². The Kier molecular flexibility index (Phi) is 4.00. The molecule has 1 aliphatic heterocycles. The summed E-state index contributed by atoms with van der Waals surface area (Å²) in [4.78, 5) is 0. The molecule has 130 valence electrons. The number of hydrogen-bond donors (Lipinski definition) is 1. The fourth-order valence-corrected chi connectivity index (χ4v) is 4.37. The second-order valence-electron chi connectivity index (χ2n) is 6.41. The van der Waals surface area contributed by atoms with Gasteiger partial charge in [-0.15, -0.1) is 0 Å². The first-order chi connectivity index (χ1) is 11.9. The smallest absolute Gasteiger partial charge is 0.376 e. The van der Waals surface area contributed by atoms with Crippen molar-refractivity contribution in [1.82, 2.24) is 0 Å². The first-order valence-electron chi connectivity index (χ1n) is 7.94. The van der Waals surface area contributed by atoms with Crippen LogP contribution in [-0.4, -0.2) is 0 Å². The molecule has 2 aliphatic rings. The highest BCUT2D eigenvalue weighted by atomic mass is 35.5. The van der Waals surface area contributed by atoms with E-state index in [1.807, 2.05) is 30.4 Å². The molecule has 0 radical (unpaired) electrons. The molecule has 0 bridgehead atoms. The van der Waals surface area contributed by atoms with Crippen molar-refractivity contribution in [2.75, 3.05) is 5.32 Å². The Morgan fingerprint density at radius 3 is 2.60 bits per heavy atom. The Labute approximate surface area is 153 Å². The Hall–Kier alpha value is -1.65. The maximum Gasteiger partial charge on any atom is 0.416 e. The van der Waals surface area contributed by atoms with Crippen LogP contribution in [0.2, 0.25) is 10.0 Å². The van der Waals surface area contributed by atoms with Gasteiger partial charge < -0.3 is 5.32 Å². The number of halogens is 5. The number of benzene rings is 2. The molecule has 0 saturated carbocycles. The molecule has 25 heavy (non-hydrogen) atoms. The molecule has 3 atom stereocenters. The minimum Gasteiger partial charge on any atom is -0.376 e. The average molecular weight is 384 g/mol. The van der Waals surface area contributed by atoms with Gasteiger partial charge in [0.1, 0.15) is 0 Å². The van der Waals surface area contributed by atoms with E-state index in [0.717, 1.165) is 11.6 Å². The third-order valence-electron chi connectivity index (χ3n) is 4.98. The van der Waals surface area contributed by atoms with Gasteiger partial charge in [-0.3, -0.25) is 0 Å². The SMILES string of the molecule is FC(F)(F)c1ccc(Cl)c2c1[C@@H]1C=CC[C@H]1[C@H](c1cccc(Cl)c1)N2. The summed E-state index contributed by atoms with van der Waals surface area (Å²) >= 11 is 12.4. The van der Waals surface area contributed by atoms with Crippen LogP contribution in [0, 0.1) is 5.92 Å². The number of allylic oxidation sites excluding steroid dienone is 2. The van der Waals surface area contributed by atoms with Crippen molar-refractivity contribution in [3.8, 4) is 0 Å². The average Bonchev–Trinajstić information content (AvgIpc) is 3.03. The zero-order chi connectivity index (χ0) is 17.8. The van der Waals surface area contributed by atoms with E-state index in [-0.39, 0.29) is 23.4 Å². The van der Waals surface area contributed by atoms with Gasteiger partial charge >= 0.3 is 6.18 Å². The van der Waals surface area contributed by atoms with E-state index in [2.05, 4.69) is 5.32 Å². The van der Waals surface area contributed by atoms with Gasteiger partial charge in [0, 0.05) is 10.9 Å². The summed E-state index contributed by atoms with van der Waals surface area (Å²) in [5.41, 5.74) is 0.946. The lowest BCUT2D eigenvalue weighted by Gasteiger charge is -2.39. The van der Waals surface area contributed by atoms with E-state index in [4.69, 9.17) is 23.2 Å². The van der Waals surface area contributed by atoms with Crippen molar-refractivity contribution in [3.63, 3.8) is 0 Å². The first kappa shape index (κ1) is 16.8. The topological polar surface area (TPSA) is 12.0 Å². The van der Waals surface area contributed by atoms with E-state index in [9.17, 15) is 13.2 Å². The lowest BCUT2D eigenvalue weighted by molar-refractivity contribution is -0.138. The molecule has 1 aliphatic carbocycles. The zero-order valence-electron chi connectivity index (χ0n) is 12.9. The zero-order valence-corrected chi connectivity index (χ0v) is 14.5.